The number of aryl methyl sites for hydroxylation is 3. The minimum atomic E-state index is -0.416. The lowest BCUT2D eigenvalue weighted by Crippen LogP contribution is -2.23. The molecule has 3 aromatic heterocycles. The van der Waals surface area contributed by atoms with Crippen LogP contribution in [0.5, 0.6) is 0 Å². The largest absolute Gasteiger partial charge is 0.369 e. The van der Waals surface area contributed by atoms with Crippen LogP contribution in [0.2, 0.25) is 0 Å². The van der Waals surface area contributed by atoms with Gasteiger partial charge in [0.15, 0.2) is 5.16 Å². The summed E-state index contributed by atoms with van der Waals surface area (Å²) in [7, 11) is 0. The standard InChI is InChI=1S/C20H19N5O2S2/c1-11-6-2-4-8-13(11)24-17(27)16-12-7-3-5-9-14(12)29-18(16)25-19(24)22-23-20(25)28-10-15(21)26/h2,4,6,8H,3,5,7,9-10H2,1H3,(H2,21,26). The monoisotopic (exact) mass is 425 g/mol. The molecule has 0 spiro atoms. The maximum absolute atomic E-state index is 13.7. The minimum absolute atomic E-state index is 0.0555. The first-order valence-electron chi connectivity index (χ1n) is 9.47. The van der Waals surface area contributed by atoms with Crippen molar-refractivity contribution in [2.45, 2.75) is 37.8 Å². The van der Waals surface area contributed by atoms with Gasteiger partial charge in [0.25, 0.3) is 5.56 Å². The van der Waals surface area contributed by atoms with Gasteiger partial charge in [0, 0.05) is 4.88 Å². The molecule has 0 fully saturated rings. The molecule has 0 bridgehead atoms. The Kier molecular flexibility index (Phi) is 4.44. The molecule has 9 heteroatoms. The number of carbonyl (C=O) groups is 1. The van der Waals surface area contributed by atoms with Crippen LogP contribution in [0.1, 0.15) is 28.8 Å². The molecular weight excluding hydrogens is 406 g/mol. The van der Waals surface area contributed by atoms with E-state index in [1.807, 2.05) is 35.6 Å². The lowest BCUT2D eigenvalue weighted by atomic mass is 9.97. The normalized spacial score (nSPS) is 13.8. The number of thiophene rings is 1. The van der Waals surface area contributed by atoms with Crippen LogP contribution < -0.4 is 11.3 Å². The molecule has 0 saturated carbocycles. The van der Waals surface area contributed by atoms with E-state index in [4.69, 9.17) is 5.73 Å². The highest BCUT2D eigenvalue weighted by molar-refractivity contribution is 7.99. The van der Waals surface area contributed by atoms with E-state index in [-0.39, 0.29) is 11.3 Å². The molecule has 3 heterocycles. The molecule has 4 aromatic rings. The Labute approximate surface area is 174 Å². The van der Waals surface area contributed by atoms with E-state index >= 15 is 0 Å². The molecule has 148 valence electrons. The number of hydrogen-bond donors (Lipinski definition) is 1. The van der Waals surface area contributed by atoms with E-state index in [0.29, 0.717) is 10.9 Å². The van der Waals surface area contributed by atoms with Gasteiger partial charge in [-0.3, -0.25) is 9.59 Å². The summed E-state index contributed by atoms with van der Waals surface area (Å²) in [6.45, 7) is 1.98. The summed E-state index contributed by atoms with van der Waals surface area (Å²) in [6.07, 6.45) is 4.13. The van der Waals surface area contributed by atoms with Crippen LogP contribution >= 0.6 is 23.1 Å². The Morgan fingerprint density at radius 3 is 2.83 bits per heavy atom. The molecule has 1 aliphatic carbocycles. The van der Waals surface area contributed by atoms with Gasteiger partial charge in [-0.2, -0.15) is 0 Å². The second-order valence-electron chi connectivity index (χ2n) is 7.19. The Morgan fingerprint density at radius 1 is 1.24 bits per heavy atom. The van der Waals surface area contributed by atoms with Gasteiger partial charge >= 0.3 is 0 Å². The quantitative estimate of drug-likeness (QED) is 0.507. The van der Waals surface area contributed by atoms with Gasteiger partial charge in [-0.25, -0.2) is 8.97 Å². The molecule has 5 rings (SSSR count). The third kappa shape index (κ3) is 2.87. The first-order chi connectivity index (χ1) is 14.1. The molecule has 1 aliphatic rings. The number of hydrogen-bond acceptors (Lipinski definition) is 6. The zero-order chi connectivity index (χ0) is 20.1. The number of aromatic nitrogens is 4. The van der Waals surface area contributed by atoms with E-state index in [9.17, 15) is 9.59 Å². The van der Waals surface area contributed by atoms with Crippen LogP contribution in [0.25, 0.3) is 21.7 Å². The zero-order valence-corrected chi connectivity index (χ0v) is 17.5. The van der Waals surface area contributed by atoms with Crippen molar-refractivity contribution in [3.8, 4) is 5.69 Å². The van der Waals surface area contributed by atoms with Crippen molar-refractivity contribution >= 4 is 45.0 Å². The molecule has 7 nitrogen and oxygen atoms in total. The number of carbonyl (C=O) groups excluding carboxylic acids is 1. The van der Waals surface area contributed by atoms with Gasteiger partial charge < -0.3 is 5.73 Å². The number of thioether (sulfide) groups is 1. The first-order valence-corrected chi connectivity index (χ1v) is 11.3. The maximum atomic E-state index is 13.7. The summed E-state index contributed by atoms with van der Waals surface area (Å²) < 4.78 is 3.57. The van der Waals surface area contributed by atoms with E-state index in [0.717, 1.165) is 52.7 Å². The molecule has 2 N–H and O–H groups in total. The van der Waals surface area contributed by atoms with Crippen molar-refractivity contribution < 1.29 is 4.79 Å². The number of para-hydroxylation sites is 1. The Bertz CT molecular complexity index is 1330. The summed E-state index contributed by atoms with van der Waals surface area (Å²) in [5, 5.41) is 9.96. The van der Waals surface area contributed by atoms with Gasteiger partial charge in [-0.05, 0) is 49.8 Å². The maximum Gasteiger partial charge on any atom is 0.268 e. The smallest absolute Gasteiger partial charge is 0.268 e. The predicted molar refractivity (Wildman–Crippen MR) is 115 cm³/mol. The molecule has 29 heavy (non-hydrogen) atoms. The van der Waals surface area contributed by atoms with Gasteiger partial charge in [0.1, 0.15) is 4.83 Å². The highest BCUT2D eigenvalue weighted by Gasteiger charge is 2.26. The van der Waals surface area contributed by atoms with Crippen molar-refractivity contribution in [1.82, 2.24) is 19.2 Å². The Morgan fingerprint density at radius 2 is 2.03 bits per heavy atom. The topological polar surface area (TPSA) is 95.3 Å². The van der Waals surface area contributed by atoms with E-state index in [1.54, 1.807) is 15.9 Å². The number of amides is 1. The van der Waals surface area contributed by atoms with Crippen molar-refractivity contribution in [3.63, 3.8) is 0 Å². The number of rotatable bonds is 4. The second-order valence-corrected chi connectivity index (χ2v) is 9.22. The predicted octanol–water partition coefficient (Wildman–Crippen LogP) is 2.86. The summed E-state index contributed by atoms with van der Waals surface area (Å²) in [4.78, 5) is 27.2. The number of nitrogens with zero attached hydrogens (tertiary/aromatic N) is 4. The summed E-state index contributed by atoms with van der Waals surface area (Å²) in [5.74, 6) is 0.153. The van der Waals surface area contributed by atoms with E-state index in [2.05, 4.69) is 10.2 Å². The SMILES string of the molecule is Cc1ccccc1-n1c(=O)c2c3c(sc2n2c(SCC(N)=O)nnc12)CCCC3. The number of benzene rings is 1. The Balaban J connectivity index is 1.91. The van der Waals surface area contributed by atoms with Crippen LogP contribution in [0.15, 0.2) is 34.2 Å². The average molecular weight is 426 g/mol. The fraction of sp³-hybridized carbons (Fsp3) is 0.300. The van der Waals surface area contributed by atoms with Crippen LogP contribution in [-0.4, -0.2) is 30.8 Å². The van der Waals surface area contributed by atoms with E-state index in [1.165, 1.54) is 16.6 Å². The van der Waals surface area contributed by atoms with E-state index < -0.39 is 5.91 Å². The summed E-state index contributed by atoms with van der Waals surface area (Å²) in [6, 6.07) is 7.76. The number of fused-ring (bicyclic) bond motifs is 5. The molecule has 0 radical (unpaired) electrons. The lowest BCUT2D eigenvalue weighted by Gasteiger charge is -2.13. The Hall–Kier alpha value is -2.65. The van der Waals surface area contributed by atoms with Crippen molar-refractivity contribution in [3.05, 3.63) is 50.6 Å². The molecule has 0 aliphatic heterocycles. The molecule has 0 atom stereocenters. The van der Waals surface area contributed by atoms with Gasteiger partial charge in [0.05, 0.1) is 16.8 Å². The fourth-order valence-electron chi connectivity index (χ4n) is 3.98. The van der Waals surface area contributed by atoms with Crippen molar-refractivity contribution in [2.24, 2.45) is 5.73 Å². The van der Waals surface area contributed by atoms with Crippen LogP contribution in [-0.2, 0) is 17.6 Å². The molecule has 1 aromatic carbocycles. The first kappa shape index (κ1) is 18.4. The minimum Gasteiger partial charge on any atom is -0.369 e. The molecular formula is C20H19N5O2S2. The molecule has 0 saturated heterocycles. The van der Waals surface area contributed by atoms with Crippen LogP contribution in [0, 0.1) is 6.92 Å². The summed E-state index contributed by atoms with van der Waals surface area (Å²) in [5.41, 5.74) is 8.21. The zero-order valence-electron chi connectivity index (χ0n) is 15.8. The average Bonchev–Trinajstić information content (AvgIpc) is 3.29. The number of nitrogens with two attached hydrogens (primary N) is 1. The fourth-order valence-corrected chi connectivity index (χ4v) is 6.09. The highest BCUT2D eigenvalue weighted by atomic mass is 32.2. The van der Waals surface area contributed by atoms with Gasteiger partial charge in [-0.15, -0.1) is 21.5 Å². The summed E-state index contributed by atoms with van der Waals surface area (Å²) >= 11 is 2.89. The second kappa shape index (κ2) is 7.00. The van der Waals surface area contributed by atoms with Crippen LogP contribution in [0.4, 0.5) is 0 Å². The molecule has 0 unspecified atom stereocenters. The third-order valence-electron chi connectivity index (χ3n) is 5.29. The highest BCUT2D eigenvalue weighted by Crippen LogP contribution is 2.36. The lowest BCUT2D eigenvalue weighted by molar-refractivity contribution is -0.115. The molecule has 1 amide bonds. The third-order valence-corrected chi connectivity index (χ3v) is 7.52. The number of primary amides is 1. The van der Waals surface area contributed by atoms with Crippen molar-refractivity contribution in [2.75, 3.05) is 5.75 Å². The van der Waals surface area contributed by atoms with Gasteiger partial charge in [-0.1, -0.05) is 30.0 Å². The van der Waals surface area contributed by atoms with Crippen molar-refractivity contribution in [1.29, 1.82) is 0 Å². The van der Waals surface area contributed by atoms with Gasteiger partial charge in [0.2, 0.25) is 11.7 Å². The van der Waals surface area contributed by atoms with Crippen LogP contribution in [0.3, 0.4) is 0 Å².